The van der Waals surface area contributed by atoms with Gasteiger partial charge in [-0.05, 0) is 17.1 Å². The molecule has 0 unspecified atom stereocenters. The largest absolute Gasteiger partial charge is 0.493 e. The van der Waals surface area contributed by atoms with Gasteiger partial charge in [-0.3, -0.25) is 0 Å². The van der Waals surface area contributed by atoms with Crippen molar-refractivity contribution in [3.8, 4) is 0 Å². The van der Waals surface area contributed by atoms with Crippen molar-refractivity contribution in [1.82, 2.24) is 0 Å². The van der Waals surface area contributed by atoms with Crippen LogP contribution in [0, 0.1) is 11.8 Å². The molecule has 0 amide bonds. The SMILES string of the molecule is C=C1COC(C(C)C)=C1C(C)C. The van der Waals surface area contributed by atoms with E-state index in [0.717, 1.165) is 11.3 Å². The molecule has 1 heteroatoms. The summed E-state index contributed by atoms with van der Waals surface area (Å²) in [6.45, 7) is 13.4. The van der Waals surface area contributed by atoms with E-state index in [0.29, 0.717) is 18.4 Å². The Bertz CT molecular complexity index is 221. The van der Waals surface area contributed by atoms with Gasteiger partial charge >= 0.3 is 0 Å². The molecule has 1 nitrogen and oxygen atoms in total. The minimum atomic E-state index is 0.488. The smallest absolute Gasteiger partial charge is 0.113 e. The lowest BCUT2D eigenvalue weighted by Crippen LogP contribution is -2.00. The zero-order chi connectivity index (χ0) is 9.30. The van der Waals surface area contributed by atoms with Gasteiger partial charge in [0.1, 0.15) is 12.4 Å². The van der Waals surface area contributed by atoms with Crippen molar-refractivity contribution in [3.05, 3.63) is 23.5 Å². The maximum absolute atomic E-state index is 5.58. The van der Waals surface area contributed by atoms with Crippen molar-refractivity contribution in [1.29, 1.82) is 0 Å². The minimum Gasteiger partial charge on any atom is -0.493 e. The van der Waals surface area contributed by atoms with E-state index < -0.39 is 0 Å². The van der Waals surface area contributed by atoms with E-state index in [1.807, 2.05) is 0 Å². The van der Waals surface area contributed by atoms with Gasteiger partial charge in [0, 0.05) is 5.92 Å². The molecule has 0 fully saturated rings. The summed E-state index contributed by atoms with van der Waals surface area (Å²) in [4.78, 5) is 0. The number of ether oxygens (including phenoxy) is 1. The Hall–Kier alpha value is -0.720. The van der Waals surface area contributed by atoms with Crippen LogP contribution in [0.5, 0.6) is 0 Å². The Labute approximate surface area is 75.1 Å². The summed E-state index contributed by atoms with van der Waals surface area (Å²) in [5, 5.41) is 0. The van der Waals surface area contributed by atoms with Crippen LogP contribution in [0.4, 0.5) is 0 Å². The average molecular weight is 166 g/mol. The first kappa shape index (κ1) is 9.37. The lowest BCUT2D eigenvalue weighted by atomic mass is 9.94. The second-order valence-corrected chi connectivity index (χ2v) is 3.98. The van der Waals surface area contributed by atoms with Gasteiger partial charge in [0.15, 0.2) is 0 Å². The Balaban J connectivity index is 2.98. The summed E-state index contributed by atoms with van der Waals surface area (Å²) < 4.78 is 5.58. The molecule has 0 atom stereocenters. The first-order chi connectivity index (χ1) is 5.54. The second-order valence-electron chi connectivity index (χ2n) is 3.98. The molecule has 0 aliphatic carbocycles. The molecular formula is C11H18O. The molecule has 1 aliphatic rings. The molecule has 0 saturated heterocycles. The van der Waals surface area contributed by atoms with Crippen LogP contribution in [0.3, 0.4) is 0 Å². The number of hydrogen-bond acceptors (Lipinski definition) is 1. The van der Waals surface area contributed by atoms with Crippen LogP contribution in [-0.4, -0.2) is 6.61 Å². The highest BCUT2D eigenvalue weighted by atomic mass is 16.5. The van der Waals surface area contributed by atoms with Gasteiger partial charge < -0.3 is 4.74 Å². The van der Waals surface area contributed by atoms with Crippen LogP contribution in [-0.2, 0) is 4.74 Å². The quantitative estimate of drug-likeness (QED) is 0.612. The molecule has 0 radical (unpaired) electrons. The Morgan fingerprint density at radius 1 is 1.17 bits per heavy atom. The van der Waals surface area contributed by atoms with Gasteiger partial charge in [-0.25, -0.2) is 0 Å². The van der Waals surface area contributed by atoms with Crippen LogP contribution >= 0.6 is 0 Å². The van der Waals surface area contributed by atoms with E-state index in [1.54, 1.807) is 0 Å². The monoisotopic (exact) mass is 166 g/mol. The third kappa shape index (κ3) is 1.55. The molecule has 12 heavy (non-hydrogen) atoms. The highest BCUT2D eigenvalue weighted by Crippen LogP contribution is 2.33. The van der Waals surface area contributed by atoms with E-state index >= 15 is 0 Å². The third-order valence-corrected chi connectivity index (χ3v) is 2.15. The maximum Gasteiger partial charge on any atom is 0.113 e. The number of hydrogen-bond donors (Lipinski definition) is 0. The predicted molar refractivity (Wildman–Crippen MR) is 51.8 cm³/mol. The van der Waals surface area contributed by atoms with Gasteiger partial charge in [0.2, 0.25) is 0 Å². The summed E-state index contributed by atoms with van der Waals surface area (Å²) in [5.74, 6) is 2.18. The van der Waals surface area contributed by atoms with Crippen molar-refractivity contribution in [3.63, 3.8) is 0 Å². The molecule has 0 N–H and O–H groups in total. The van der Waals surface area contributed by atoms with E-state index in [1.165, 1.54) is 5.57 Å². The molecular weight excluding hydrogens is 148 g/mol. The molecule has 1 heterocycles. The summed E-state index contributed by atoms with van der Waals surface area (Å²) in [6, 6.07) is 0. The van der Waals surface area contributed by atoms with E-state index in [4.69, 9.17) is 4.74 Å². The molecule has 1 aliphatic heterocycles. The molecule has 0 aromatic rings. The lowest BCUT2D eigenvalue weighted by Gasteiger charge is -2.11. The summed E-state index contributed by atoms with van der Waals surface area (Å²) in [6.07, 6.45) is 0. The minimum absolute atomic E-state index is 0.488. The molecule has 0 bridgehead atoms. The fourth-order valence-electron chi connectivity index (χ4n) is 1.67. The van der Waals surface area contributed by atoms with Crippen LogP contribution < -0.4 is 0 Å². The molecule has 0 aromatic carbocycles. The fourth-order valence-corrected chi connectivity index (χ4v) is 1.67. The van der Waals surface area contributed by atoms with Crippen LogP contribution in [0.25, 0.3) is 0 Å². The Kier molecular flexibility index (Phi) is 2.61. The van der Waals surface area contributed by atoms with Crippen molar-refractivity contribution in [2.75, 3.05) is 6.61 Å². The Morgan fingerprint density at radius 3 is 2.08 bits per heavy atom. The highest BCUT2D eigenvalue weighted by Gasteiger charge is 2.23. The van der Waals surface area contributed by atoms with Crippen LogP contribution in [0.15, 0.2) is 23.5 Å². The van der Waals surface area contributed by atoms with Gasteiger partial charge in [0.05, 0.1) is 0 Å². The van der Waals surface area contributed by atoms with Crippen molar-refractivity contribution in [2.45, 2.75) is 27.7 Å². The normalized spacial score (nSPS) is 18.0. The Morgan fingerprint density at radius 2 is 1.75 bits per heavy atom. The molecule has 68 valence electrons. The van der Waals surface area contributed by atoms with E-state index in [-0.39, 0.29) is 0 Å². The highest BCUT2D eigenvalue weighted by molar-refractivity contribution is 5.37. The number of allylic oxidation sites excluding steroid dienone is 1. The van der Waals surface area contributed by atoms with E-state index in [9.17, 15) is 0 Å². The second kappa shape index (κ2) is 3.34. The van der Waals surface area contributed by atoms with Gasteiger partial charge in [-0.15, -0.1) is 0 Å². The summed E-state index contributed by atoms with van der Waals surface area (Å²) in [7, 11) is 0. The zero-order valence-corrected chi connectivity index (χ0v) is 8.48. The molecule has 0 aromatic heterocycles. The standard InChI is InChI=1S/C11H18O/c1-7(2)10-9(5)6-12-11(10)8(3)4/h7-8H,5-6H2,1-4H3. The predicted octanol–water partition coefficient (Wildman–Crippen LogP) is 3.14. The van der Waals surface area contributed by atoms with Crippen molar-refractivity contribution >= 4 is 0 Å². The zero-order valence-electron chi connectivity index (χ0n) is 8.48. The van der Waals surface area contributed by atoms with Crippen molar-refractivity contribution in [2.24, 2.45) is 11.8 Å². The first-order valence-electron chi connectivity index (χ1n) is 4.59. The molecule has 1 rings (SSSR count). The van der Waals surface area contributed by atoms with Gasteiger partial charge in [0.25, 0.3) is 0 Å². The topological polar surface area (TPSA) is 9.23 Å². The average Bonchev–Trinajstić information content (AvgIpc) is 2.30. The summed E-state index contributed by atoms with van der Waals surface area (Å²) >= 11 is 0. The maximum atomic E-state index is 5.58. The fraction of sp³-hybridized carbons (Fsp3) is 0.636. The van der Waals surface area contributed by atoms with Gasteiger partial charge in [-0.2, -0.15) is 0 Å². The number of rotatable bonds is 2. The molecule has 0 spiro atoms. The molecule has 0 saturated carbocycles. The van der Waals surface area contributed by atoms with Crippen LogP contribution in [0.1, 0.15) is 27.7 Å². The first-order valence-corrected chi connectivity index (χ1v) is 4.59. The summed E-state index contributed by atoms with van der Waals surface area (Å²) in [5.41, 5.74) is 2.50. The third-order valence-electron chi connectivity index (χ3n) is 2.15. The van der Waals surface area contributed by atoms with Crippen molar-refractivity contribution < 1.29 is 4.74 Å². The van der Waals surface area contributed by atoms with Crippen LogP contribution in [0.2, 0.25) is 0 Å². The van der Waals surface area contributed by atoms with Gasteiger partial charge in [-0.1, -0.05) is 34.3 Å². The van der Waals surface area contributed by atoms with E-state index in [2.05, 4.69) is 34.3 Å². The lowest BCUT2D eigenvalue weighted by molar-refractivity contribution is 0.228.